The van der Waals surface area contributed by atoms with Crippen molar-refractivity contribution < 1.29 is 9.18 Å². The van der Waals surface area contributed by atoms with Crippen molar-refractivity contribution in [3.63, 3.8) is 0 Å². The Bertz CT molecular complexity index is 604. The Morgan fingerprint density at radius 2 is 1.95 bits per heavy atom. The van der Waals surface area contributed by atoms with E-state index in [1.165, 1.54) is 12.1 Å². The lowest BCUT2D eigenvalue weighted by molar-refractivity contribution is -0.118. The van der Waals surface area contributed by atoms with Crippen molar-refractivity contribution in [2.45, 2.75) is 6.04 Å². The van der Waals surface area contributed by atoms with Gasteiger partial charge in [-0.25, -0.2) is 4.39 Å². The van der Waals surface area contributed by atoms with Gasteiger partial charge in [-0.3, -0.25) is 4.79 Å². The molecule has 19 heavy (non-hydrogen) atoms. The lowest BCUT2D eigenvalue weighted by Gasteiger charge is -2.18. The second-order valence-corrected chi connectivity index (χ2v) is 4.42. The van der Waals surface area contributed by atoms with Crippen LogP contribution in [-0.2, 0) is 4.79 Å². The number of hydrogen-bond donors (Lipinski definition) is 2. The molecule has 3 nitrogen and oxygen atoms in total. The van der Waals surface area contributed by atoms with E-state index in [0.29, 0.717) is 16.3 Å². The standard InChI is InChI=1S/C14H12ClFN2O/c15-12-7-2-1-6-11(12)13(14(17)19)18-10-5-3-4-9(16)8-10/h1-8,13,18H,(H2,17,19). The first-order valence-electron chi connectivity index (χ1n) is 5.64. The zero-order valence-corrected chi connectivity index (χ0v) is 10.7. The van der Waals surface area contributed by atoms with Gasteiger partial charge in [0.05, 0.1) is 0 Å². The molecule has 0 bridgehead atoms. The quantitative estimate of drug-likeness (QED) is 0.903. The SMILES string of the molecule is NC(=O)C(Nc1cccc(F)c1)c1ccccc1Cl. The van der Waals surface area contributed by atoms with Gasteiger partial charge in [-0.15, -0.1) is 0 Å². The third-order valence-electron chi connectivity index (χ3n) is 2.64. The summed E-state index contributed by atoms with van der Waals surface area (Å²) < 4.78 is 13.1. The minimum Gasteiger partial charge on any atom is -0.370 e. The highest BCUT2D eigenvalue weighted by Gasteiger charge is 2.20. The number of amides is 1. The number of benzene rings is 2. The Balaban J connectivity index is 2.32. The van der Waals surface area contributed by atoms with Crippen molar-refractivity contribution in [3.05, 3.63) is 64.9 Å². The molecule has 2 aromatic rings. The van der Waals surface area contributed by atoms with Gasteiger partial charge in [0.25, 0.3) is 0 Å². The molecule has 0 radical (unpaired) electrons. The number of carbonyl (C=O) groups excluding carboxylic acids is 1. The van der Waals surface area contributed by atoms with Crippen molar-refractivity contribution in [1.82, 2.24) is 0 Å². The van der Waals surface area contributed by atoms with Crippen molar-refractivity contribution in [2.24, 2.45) is 5.73 Å². The van der Waals surface area contributed by atoms with Gasteiger partial charge in [-0.2, -0.15) is 0 Å². The molecule has 1 amide bonds. The van der Waals surface area contributed by atoms with E-state index in [2.05, 4.69) is 5.32 Å². The molecule has 1 unspecified atom stereocenters. The average Bonchev–Trinajstić information content (AvgIpc) is 2.37. The fourth-order valence-electron chi connectivity index (χ4n) is 1.76. The monoisotopic (exact) mass is 278 g/mol. The molecular weight excluding hydrogens is 267 g/mol. The number of nitrogens with two attached hydrogens (primary N) is 1. The zero-order chi connectivity index (χ0) is 13.8. The molecule has 0 aliphatic rings. The Morgan fingerprint density at radius 3 is 2.58 bits per heavy atom. The molecule has 2 aromatic carbocycles. The highest BCUT2D eigenvalue weighted by molar-refractivity contribution is 6.31. The third kappa shape index (κ3) is 3.23. The Kier molecular flexibility index (Phi) is 4.02. The van der Waals surface area contributed by atoms with Gasteiger partial charge in [0.1, 0.15) is 11.9 Å². The molecule has 0 fully saturated rings. The number of halogens is 2. The largest absolute Gasteiger partial charge is 0.370 e. The van der Waals surface area contributed by atoms with Crippen LogP contribution in [-0.4, -0.2) is 5.91 Å². The first-order chi connectivity index (χ1) is 9.08. The van der Waals surface area contributed by atoms with Crippen molar-refractivity contribution in [1.29, 1.82) is 0 Å². The maximum absolute atomic E-state index is 13.1. The van der Waals surface area contributed by atoms with E-state index in [1.54, 1.807) is 36.4 Å². The van der Waals surface area contributed by atoms with E-state index in [-0.39, 0.29) is 0 Å². The van der Waals surface area contributed by atoms with E-state index in [0.717, 1.165) is 0 Å². The van der Waals surface area contributed by atoms with Crippen LogP contribution < -0.4 is 11.1 Å². The summed E-state index contributed by atoms with van der Waals surface area (Å²) >= 11 is 6.04. The highest BCUT2D eigenvalue weighted by Crippen LogP contribution is 2.26. The fourth-order valence-corrected chi connectivity index (χ4v) is 2.00. The lowest BCUT2D eigenvalue weighted by Crippen LogP contribution is -2.28. The van der Waals surface area contributed by atoms with E-state index in [4.69, 9.17) is 17.3 Å². The van der Waals surface area contributed by atoms with Gasteiger partial charge in [0, 0.05) is 16.3 Å². The summed E-state index contributed by atoms with van der Waals surface area (Å²) in [4.78, 5) is 11.5. The molecule has 2 rings (SSSR count). The van der Waals surface area contributed by atoms with Gasteiger partial charge in [0.15, 0.2) is 0 Å². The van der Waals surface area contributed by atoms with Crippen LogP contribution in [0, 0.1) is 5.82 Å². The molecule has 0 heterocycles. The molecule has 0 spiro atoms. The van der Waals surface area contributed by atoms with Crippen LogP contribution in [0.5, 0.6) is 0 Å². The number of hydrogen-bond acceptors (Lipinski definition) is 2. The molecule has 5 heteroatoms. The van der Waals surface area contributed by atoms with Crippen LogP contribution in [0.15, 0.2) is 48.5 Å². The van der Waals surface area contributed by atoms with Crippen LogP contribution >= 0.6 is 11.6 Å². The summed E-state index contributed by atoms with van der Waals surface area (Å²) in [5.41, 5.74) is 6.39. The van der Waals surface area contributed by atoms with Gasteiger partial charge in [-0.05, 0) is 24.3 Å². The van der Waals surface area contributed by atoms with Gasteiger partial charge < -0.3 is 11.1 Å². The van der Waals surface area contributed by atoms with Gasteiger partial charge >= 0.3 is 0 Å². The fraction of sp³-hybridized carbons (Fsp3) is 0.0714. The lowest BCUT2D eigenvalue weighted by atomic mass is 10.1. The summed E-state index contributed by atoms with van der Waals surface area (Å²) in [6, 6.07) is 11.9. The molecule has 0 aliphatic carbocycles. The summed E-state index contributed by atoms with van der Waals surface area (Å²) in [5.74, 6) is -0.982. The number of nitrogens with one attached hydrogen (secondary N) is 1. The predicted molar refractivity (Wildman–Crippen MR) is 73.4 cm³/mol. The molecule has 3 N–H and O–H groups in total. The summed E-state index contributed by atoms with van der Waals surface area (Å²) in [6.07, 6.45) is 0. The van der Waals surface area contributed by atoms with Crippen LogP contribution in [0.25, 0.3) is 0 Å². The first-order valence-corrected chi connectivity index (χ1v) is 6.01. The van der Waals surface area contributed by atoms with Crippen molar-refractivity contribution in [2.75, 3.05) is 5.32 Å². The second-order valence-electron chi connectivity index (χ2n) is 4.01. The van der Waals surface area contributed by atoms with E-state index in [1.807, 2.05) is 0 Å². The van der Waals surface area contributed by atoms with E-state index in [9.17, 15) is 9.18 Å². The average molecular weight is 279 g/mol. The number of carbonyl (C=O) groups is 1. The molecular formula is C14H12ClFN2O. The smallest absolute Gasteiger partial charge is 0.244 e. The summed E-state index contributed by atoms with van der Waals surface area (Å²) in [7, 11) is 0. The van der Waals surface area contributed by atoms with Crippen LogP contribution in [0.2, 0.25) is 5.02 Å². The first kappa shape index (κ1) is 13.4. The molecule has 0 aromatic heterocycles. The maximum Gasteiger partial charge on any atom is 0.244 e. The number of primary amides is 1. The van der Waals surface area contributed by atoms with Crippen LogP contribution in [0.3, 0.4) is 0 Å². The van der Waals surface area contributed by atoms with Crippen LogP contribution in [0.1, 0.15) is 11.6 Å². The molecule has 1 atom stereocenters. The zero-order valence-electron chi connectivity index (χ0n) is 9.94. The molecule has 98 valence electrons. The predicted octanol–water partition coefficient (Wildman–Crippen LogP) is 3.12. The van der Waals surface area contributed by atoms with Crippen molar-refractivity contribution >= 4 is 23.2 Å². The topological polar surface area (TPSA) is 55.1 Å². The van der Waals surface area contributed by atoms with E-state index < -0.39 is 17.8 Å². The Labute approximate surface area is 115 Å². The highest BCUT2D eigenvalue weighted by atomic mass is 35.5. The van der Waals surface area contributed by atoms with Gasteiger partial charge in [0.2, 0.25) is 5.91 Å². The normalized spacial score (nSPS) is 11.9. The summed E-state index contributed by atoms with van der Waals surface area (Å²) in [6.45, 7) is 0. The Morgan fingerprint density at radius 1 is 1.21 bits per heavy atom. The number of rotatable bonds is 4. The third-order valence-corrected chi connectivity index (χ3v) is 2.98. The second kappa shape index (κ2) is 5.71. The van der Waals surface area contributed by atoms with Gasteiger partial charge in [-0.1, -0.05) is 35.9 Å². The molecule has 0 aliphatic heterocycles. The van der Waals surface area contributed by atoms with E-state index >= 15 is 0 Å². The molecule has 0 saturated heterocycles. The number of anilines is 1. The van der Waals surface area contributed by atoms with Crippen molar-refractivity contribution in [3.8, 4) is 0 Å². The molecule has 0 saturated carbocycles. The minimum absolute atomic E-state index is 0.396. The Hall–Kier alpha value is -2.07. The maximum atomic E-state index is 13.1. The minimum atomic E-state index is -0.810. The summed E-state index contributed by atoms with van der Waals surface area (Å²) in [5, 5.41) is 3.30. The van der Waals surface area contributed by atoms with Crippen LogP contribution in [0.4, 0.5) is 10.1 Å².